The van der Waals surface area contributed by atoms with Gasteiger partial charge < -0.3 is 0 Å². The molecule has 1 N–H and O–H groups in total. The van der Waals surface area contributed by atoms with Crippen LogP contribution in [0, 0.1) is 6.92 Å². The molecule has 3 aromatic carbocycles. The summed E-state index contributed by atoms with van der Waals surface area (Å²) in [7, 11) is -3.96. The zero-order chi connectivity index (χ0) is 26.3. The van der Waals surface area contributed by atoms with Gasteiger partial charge in [0, 0.05) is 43.1 Å². The molecule has 0 aromatic heterocycles. The topological polar surface area (TPSA) is 82.1 Å². The van der Waals surface area contributed by atoms with Crippen molar-refractivity contribution in [2.45, 2.75) is 36.1 Å². The molecular weight excluding hydrogens is 504 g/mol. The molecule has 0 spiro atoms. The summed E-state index contributed by atoms with van der Waals surface area (Å²) in [5.74, 6) is -0.482. The Labute approximate surface area is 223 Å². The maximum Gasteiger partial charge on any atom is 0.264 e. The van der Waals surface area contributed by atoms with Crippen LogP contribution < -0.4 is 9.73 Å². The van der Waals surface area contributed by atoms with Crippen molar-refractivity contribution < 1.29 is 13.2 Å². The molecule has 1 aliphatic rings. The molecule has 0 radical (unpaired) electrons. The number of aryl methyl sites for hydroxylation is 1. The molecule has 0 bridgehead atoms. The first-order chi connectivity index (χ1) is 17.8. The molecule has 1 heterocycles. The number of nitrogens with zero attached hydrogens (tertiary/aromatic N) is 3. The largest absolute Gasteiger partial charge is 0.298 e. The Morgan fingerprint density at radius 3 is 2.24 bits per heavy atom. The first kappa shape index (κ1) is 26.9. The van der Waals surface area contributed by atoms with E-state index in [-0.39, 0.29) is 11.4 Å². The van der Waals surface area contributed by atoms with Crippen LogP contribution in [0.1, 0.15) is 24.0 Å². The molecule has 1 fully saturated rings. The molecule has 3 aromatic rings. The van der Waals surface area contributed by atoms with Gasteiger partial charge in [0.15, 0.2) is 0 Å². The third-order valence-corrected chi connectivity index (χ3v) is 8.81. The maximum absolute atomic E-state index is 13.5. The fourth-order valence-electron chi connectivity index (χ4n) is 4.13. The van der Waals surface area contributed by atoms with Gasteiger partial charge >= 0.3 is 0 Å². The number of hydrazone groups is 1. The van der Waals surface area contributed by atoms with Crippen LogP contribution in [0.4, 0.5) is 5.69 Å². The van der Waals surface area contributed by atoms with E-state index in [0.717, 1.165) is 53.0 Å². The van der Waals surface area contributed by atoms with E-state index in [0.29, 0.717) is 5.69 Å². The highest BCUT2D eigenvalue weighted by Gasteiger charge is 2.27. The van der Waals surface area contributed by atoms with E-state index < -0.39 is 15.9 Å². The van der Waals surface area contributed by atoms with Crippen molar-refractivity contribution >= 4 is 39.1 Å². The Kier molecular flexibility index (Phi) is 9.02. The first-order valence-electron chi connectivity index (χ1n) is 12.2. The van der Waals surface area contributed by atoms with Crippen molar-refractivity contribution in [3.05, 3.63) is 90.0 Å². The Bertz CT molecular complexity index is 1320. The number of nitrogens with one attached hydrogen (secondary N) is 1. The van der Waals surface area contributed by atoms with Crippen molar-refractivity contribution in [2.75, 3.05) is 30.2 Å². The highest BCUT2D eigenvalue weighted by atomic mass is 32.2. The second-order valence-corrected chi connectivity index (χ2v) is 11.7. The molecule has 4 rings (SSSR count). The van der Waals surface area contributed by atoms with E-state index in [4.69, 9.17) is 0 Å². The number of carbonyl (C=O) groups is 1. The second kappa shape index (κ2) is 12.4. The molecule has 1 aliphatic heterocycles. The van der Waals surface area contributed by atoms with Crippen molar-refractivity contribution in [1.82, 2.24) is 10.3 Å². The van der Waals surface area contributed by atoms with Crippen molar-refractivity contribution in [2.24, 2.45) is 5.10 Å². The normalized spacial score (nSPS) is 14.3. The van der Waals surface area contributed by atoms with Crippen LogP contribution in [0.25, 0.3) is 0 Å². The molecule has 37 heavy (non-hydrogen) atoms. The van der Waals surface area contributed by atoms with Crippen LogP contribution in [0.15, 0.2) is 93.8 Å². The summed E-state index contributed by atoms with van der Waals surface area (Å²) in [5.41, 5.74) is 6.21. The minimum absolute atomic E-state index is 0.135. The van der Waals surface area contributed by atoms with Gasteiger partial charge in [0.25, 0.3) is 15.9 Å². The molecular formula is C28H32N4O3S2. The predicted molar refractivity (Wildman–Crippen MR) is 150 cm³/mol. The standard InChI is InChI=1S/C28H32N4O3S2/c1-22-8-10-25(11-9-22)32(37(34,35)27-14-12-26(36-2)13-15-27)21-28(33)30-29-24-16-18-31(19-17-24)20-23-6-4-3-5-7-23/h3-15H,16-21H2,1-2H3,(H,30,33). The summed E-state index contributed by atoms with van der Waals surface area (Å²) in [6.07, 6.45) is 3.45. The van der Waals surface area contributed by atoms with E-state index >= 15 is 0 Å². The summed E-state index contributed by atoms with van der Waals surface area (Å²) in [6, 6.07) is 24.1. The lowest BCUT2D eigenvalue weighted by Gasteiger charge is -2.27. The average molecular weight is 537 g/mol. The molecule has 0 aliphatic carbocycles. The van der Waals surface area contributed by atoms with Gasteiger partial charge in [-0.25, -0.2) is 13.8 Å². The summed E-state index contributed by atoms with van der Waals surface area (Å²) in [5, 5.41) is 4.33. The number of hydrogen-bond acceptors (Lipinski definition) is 6. The monoisotopic (exact) mass is 536 g/mol. The number of carbonyl (C=O) groups excluding carboxylic acids is 1. The van der Waals surface area contributed by atoms with E-state index in [1.54, 1.807) is 36.4 Å². The minimum atomic E-state index is -3.96. The SMILES string of the molecule is CSc1ccc(S(=O)(=O)N(CC(=O)NN=C2CCN(Cc3ccccc3)CC2)c2ccc(C)cc2)cc1. The predicted octanol–water partition coefficient (Wildman–Crippen LogP) is 4.68. The van der Waals surface area contributed by atoms with Gasteiger partial charge in [0.05, 0.1) is 10.6 Å². The number of thioether (sulfide) groups is 1. The van der Waals surface area contributed by atoms with Crippen LogP contribution in [-0.2, 0) is 21.4 Å². The lowest BCUT2D eigenvalue weighted by atomic mass is 10.1. The summed E-state index contributed by atoms with van der Waals surface area (Å²) in [4.78, 5) is 16.3. The average Bonchev–Trinajstić information content (AvgIpc) is 2.92. The van der Waals surface area contributed by atoms with Gasteiger partial charge in [-0.15, -0.1) is 11.8 Å². The molecule has 1 saturated heterocycles. The quantitative estimate of drug-likeness (QED) is 0.317. The zero-order valence-electron chi connectivity index (χ0n) is 21.1. The lowest BCUT2D eigenvalue weighted by molar-refractivity contribution is -0.119. The van der Waals surface area contributed by atoms with E-state index in [2.05, 4.69) is 27.6 Å². The molecule has 9 heteroatoms. The van der Waals surface area contributed by atoms with Gasteiger partial charge in [-0.05, 0) is 55.1 Å². The van der Waals surface area contributed by atoms with Crippen LogP contribution in [0.3, 0.4) is 0 Å². The molecule has 0 atom stereocenters. The molecule has 1 amide bonds. The smallest absolute Gasteiger partial charge is 0.264 e. The maximum atomic E-state index is 13.5. The van der Waals surface area contributed by atoms with Crippen molar-refractivity contribution in [3.63, 3.8) is 0 Å². The zero-order valence-corrected chi connectivity index (χ0v) is 22.8. The number of anilines is 1. The Morgan fingerprint density at radius 1 is 0.973 bits per heavy atom. The number of hydrogen-bond donors (Lipinski definition) is 1. The number of sulfonamides is 1. The Balaban J connectivity index is 1.42. The minimum Gasteiger partial charge on any atom is -0.298 e. The number of likely N-dealkylation sites (tertiary alicyclic amines) is 1. The Morgan fingerprint density at radius 2 is 1.62 bits per heavy atom. The van der Waals surface area contributed by atoms with E-state index in [1.165, 1.54) is 17.3 Å². The highest BCUT2D eigenvalue weighted by Crippen LogP contribution is 2.25. The number of amides is 1. The molecule has 194 valence electrons. The van der Waals surface area contributed by atoms with Crippen LogP contribution in [-0.4, -0.2) is 50.8 Å². The van der Waals surface area contributed by atoms with Gasteiger partial charge in [0.2, 0.25) is 0 Å². The van der Waals surface area contributed by atoms with Crippen LogP contribution in [0.5, 0.6) is 0 Å². The third-order valence-electron chi connectivity index (χ3n) is 6.28. The van der Waals surface area contributed by atoms with E-state index in [1.807, 2.05) is 43.5 Å². The van der Waals surface area contributed by atoms with Crippen molar-refractivity contribution in [3.8, 4) is 0 Å². The molecule has 0 unspecified atom stereocenters. The van der Waals surface area contributed by atoms with Gasteiger partial charge in [-0.1, -0.05) is 48.0 Å². The third kappa shape index (κ3) is 7.21. The number of benzene rings is 3. The van der Waals surface area contributed by atoms with Crippen LogP contribution in [0.2, 0.25) is 0 Å². The lowest BCUT2D eigenvalue weighted by Crippen LogP contribution is -2.40. The molecule has 0 saturated carbocycles. The van der Waals surface area contributed by atoms with Crippen molar-refractivity contribution in [1.29, 1.82) is 0 Å². The fourth-order valence-corrected chi connectivity index (χ4v) is 5.96. The second-order valence-electron chi connectivity index (χ2n) is 9.00. The number of rotatable bonds is 9. The summed E-state index contributed by atoms with van der Waals surface area (Å²) >= 11 is 1.54. The van der Waals surface area contributed by atoms with Gasteiger partial charge in [0.1, 0.15) is 6.54 Å². The Hall–Kier alpha value is -3.14. The summed E-state index contributed by atoms with van der Waals surface area (Å²) < 4.78 is 28.2. The van der Waals surface area contributed by atoms with Gasteiger partial charge in [-0.2, -0.15) is 5.10 Å². The molecule has 7 nitrogen and oxygen atoms in total. The van der Waals surface area contributed by atoms with Gasteiger partial charge in [-0.3, -0.25) is 14.0 Å². The highest BCUT2D eigenvalue weighted by molar-refractivity contribution is 7.98. The fraction of sp³-hybridized carbons (Fsp3) is 0.286. The van der Waals surface area contributed by atoms with E-state index in [9.17, 15) is 13.2 Å². The van der Waals surface area contributed by atoms with Crippen LogP contribution >= 0.6 is 11.8 Å². The summed E-state index contributed by atoms with van der Waals surface area (Å²) in [6.45, 7) is 4.17. The number of piperidine rings is 1. The first-order valence-corrected chi connectivity index (χ1v) is 14.9.